The number of ether oxygens (including phenoxy) is 2. The van der Waals surface area contributed by atoms with Crippen LogP contribution in [0, 0.1) is 6.92 Å². The minimum Gasteiger partial charge on any atom is -0.497 e. The summed E-state index contributed by atoms with van der Waals surface area (Å²) < 4.78 is 11.0. The lowest BCUT2D eigenvalue weighted by Gasteiger charge is -2.29. The molecule has 28 heavy (non-hydrogen) atoms. The summed E-state index contributed by atoms with van der Waals surface area (Å²) in [6, 6.07) is 15.6. The van der Waals surface area contributed by atoms with Gasteiger partial charge in [-0.2, -0.15) is 0 Å². The molecular formula is C22H31N3O3+2. The second kappa shape index (κ2) is 10.1. The van der Waals surface area contributed by atoms with Gasteiger partial charge in [0.1, 0.15) is 50.8 Å². The Hall–Kier alpha value is -2.57. The van der Waals surface area contributed by atoms with Gasteiger partial charge < -0.3 is 24.6 Å². The first kappa shape index (κ1) is 20.2. The number of rotatable bonds is 8. The Bertz CT molecular complexity index is 756. The van der Waals surface area contributed by atoms with E-state index in [2.05, 4.69) is 5.32 Å². The van der Waals surface area contributed by atoms with Crippen molar-refractivity contribution in [2.45, 2.75) is 6.92 Å². The second-order valence-corrected chi connectivity index (χ2v) is 7.31. The number of methoxy groups -OCH3 is 1. The monoisotopic (exact) mass is 385 g/mol. The average molecular weight is 386 g/mol. The molecule has 0 aromatic heterocycles. The van der Waals surface area contributed by atoms with Crippen LogP contribution in [0.4, 0.5) is 5.69 Å². The van der Waals surface area contributed by atoms with Gasteiger partial charge in [-0.3, -0.25) is 4.79 Å². The fourth-order valence-corrected chi connectivity index (χ4v) is 3.50. The van der Waals surface area contributed by atoms with Gasteiger partial charge in [0.15, 0.2) is 6.54 Å². The van der Waals surface area contributed by atoms with Crippen LogP contribution in [0.5, 0.6) is 11.5 Å². The molecule has 0 atom stereocenters. The predicted molar refractivity (Wildman–Crippen MR) is 109 cm³/mol. The van der Waals surface area contributed by atoms with Crippen molar-refractivity contribution in [3.8, 4) is 11.5 Å². The summed E-state index contributed by atoms with van der Waals surface area (Å²) in [6.07, 6.45) is 0. The highest BCUT2D eigenvalue weighted by Gasteiger charge is 2.24. The number of benzene rings is 2. The first-order valence-electron chi connectivity index (χ1n) is 9.93. The highest BCUT2D eigenvalue weighted by molar-refractivity contribution is 5.92. The molecule has 6 nitrogen and oxygen atoms in total. The van der Waals surface area contributed by atoms with Crippen molar-refractivity contribution in [1.82, 2.24) is 0 Å². The third-order valence-corrected chi connectivity index (χ3v) is 5.28. The van der Waals surface area contributed by atoms with E-state index in [1.807, 2.05) is 55.5 Å². The number of piperazine rings is 1. The molecule has 0 radical (unpaired) electrons. The van der Waals surface area contributed by atoms with Crippen LogP contribution in [-0.2, 0) is 4.79 Å². The zero-order valence-corrected chi connectivity index (χ0v) is 16.8. The van der Waals surface area contributed by atoms with Gasteiger partial charge in [-0.15, -0.1) is 0 Å². The minimum absolute atomic E-state index is 0.0931. The molecule has 0 spiro atoms. The van der Waals surface area contributed by atoms with E-state index >= 15 is 0 Å². The van der Waals surface area contributed by atoms with Crippen LogP contribution < -0.4 is 24.6 Å². The predicted octanol–water partition coefficient (Wildman–Crippen LogP) is -0.195. The number of aryl methyl sites for hydroxylation is 1. The molecule has 1 heterocycles. The Balaban J connectivity index is 1.33. The summed E-state index contributed by atoms with van der Waals surface area (Å²) in [7, 11) is 1.66. The van der Waals surface area contributed by atoms with E-state index in [-0.39, 0.29) is 5.91 Å². The van der Waals surface area contributed by atoms with Crippen molar-refractivity contribution in [1.29, 1.82) is 0 Å². The van der Waals surface area contributed by atoms with Gasteiger partial charge in [0.2, 0.25) is 0 Å². The molecule has 1 fully saturated rings. The third-order valence-electron chi connectivity index (χ3n) is 5.28. The van der Waals surface area contributed by atoms with Gasteiger partial charge in [-0.1, -0.05) is 18.2 Å². The molecule has 1 saturated heterocycles. The number of hydrogen-bond donors (Lipinski definition) is 3. The fraction of sp³-hybridized carbons (Fsp3) is 0.409. The summed E-state index contributed by atoms with van der Waals surface area (Å²) in [4.78, 5) is 15.2. The summed E-state index contributed by atoms with van der Waals surface area (Å²) in [5, 5.41) is 3.03. The van der Waals surface area contributed by atoms with Crippen LogP contribution in [0.2, 0.25) is 0 Å². The van der Waals surface area contributed by atoms with Crippen molar-refractivity contribution in [2.24, 2.45) is 0 Å². The van der Waals surface area contributed by atoms with Crippen LogP contribution in [0.25, 0.3) is 0 Å². The first-order valence-corrected chi connectivity index (χ1v) is 9.93. The van der Waals surface area contributed by atoms with Crippen LogP contribution >= 0.6 is 0 Å². The lowest BCUT2D eigenvalue weighted by atomic mass is 10.2. The number of amides is 1. The van der Waals surface area contributed by atoms with Gasteiger partial charge in [0.05, 0.1) is 7.11 Å². The van der Waals surface area contributed by atoms with E-state index in [4.69, 9.17) is 9.47 Å². The van der Waals surface area contributed by atoms with Crippen molar-refractivity contribution in [3.63, 3.8) is 0 Å². The standard InChI is InChI=1S/C22H29N3O3/c1-18-5-3-4-6-21(18)23-22(26)17-25-13-11-24(12-14-25)15-16-28-20-9-7-19(27-2)8-10-20/h3-10H,11-17H2,1-2H3,(H,23,26)/p+2. The quantitative estimate of drug-likeness (QED) is 0.590. The summed E-state index contributed by atoms with van der Waals surface area (Å²) in [5.41, 5.74) is 2.00. The number of para-hydroxylation sites is 1. The fourth-order valence-electron chi connectivity index (χ4n) is 3.50. The van der Waals surface area contributed by atoms with Crippen molar-refractivity contribution in [3.05, 3.63) is 54.1 Å². The van der Waals surface area contributed by atoms with Gasteiger partial charge in [-0.25, -0.2) is 0 Å². The maximum Gasteiger partial charge on any atom is 0.279 e. The molecular weight excluding hydrogens is 354 g/mol. The van der Waals surface area contributed by atoms with Crippen molar-refractivity contribution in [2.75, 3.05) is 58.3 Å². The second-order valence-electron chi connectivity index (χ2n) is 7.31. The van der Waals surface area contributed by atoms with Crippen molar-refractivity contribution >= 4 is 11.6 Å². The van der Waals surface area contributed by atoms with Gasteiger partial charge >= 0.3 is 0 Å². The summed E-state index contributed by atoms with van der Waals surface area (Å²) in [6.45, 7) is 8.39. The first-order chi connectivity index (χ1) is 13.6. The number of hydrogen-bond acceptors (Lipinski definition) is 3. The molecule has 0 bridgehead atoms. The van der Waals surface area contributed by atoms with E-state index in [1.54, 1.807) is 7.11 Å². The van der Waals surface area contributed by atoms with E-state index < -0.39 is 0 Å². The van der Waals surface area contributed by atoms with Gasteiger partial charge in [0, 0.05) is 5.69 Å². The van der Waals surface area contributed by atoms with Gasteiger partial charge in [0.25, 0.3) is 5.91 Å². The van der Waals surface area contributed by atoms with Crippen LogP contribution in [-0.4, -0.2) is 58.9 Å². The zero-order valence-electron chi connectivity index (χ0n) is 16.8. The van der Waals surface area contributed by atoms with E-state index in [0.717, 1.165) is 55.5 Å². The zero-order chi connectivity index (χ0) is 19.8. The van der Waals surface area contributed by atoms with E-state index in [9.17, 15) is 4.79 Å². The number of carbonyl (C=O) groups is 1. The molecule has 0 aliphatic carbocycles. The SMILES string of the molecule is COc1ccc(OCC[NH+]2CC[NH+](CC(=O)Nc3ccccc3C)CC2)cc1. The Morgan fingerprint density at radius 1 is 0.964 bits per heavy atom. The highest BCUT2D eigenvalue weighted by atomic mass is 16.5. The summed E-state index contributed by atoms with van der Waals surface area (Å²) in [5.74, 6) is 1.80. The molecule has 3 rings (SSSR count). The third kappa shape index (κ3) is 5.97. The molecule has 1 aliphatic rings. The molecule has 2 aromatic carbocycles. The number of nitrogens with one attached hydrogen (secondary N) is 3. The average Bonchev–Trinajstić information content (AvgIpc) is 2.71. The number of anilines is 1. The molecule has 6 heteroatoms. The van der Waals surface area contributed by atoms with Crippen molar-refractivity contribution < 1.29 is 24.1 Å². The Labute approximate surface area is 167 Å². The normalized spacial score (nSPS) is 19.1. The van der Waals surface area contributed by atoms with Gasteiger partial charge in [-0.05, 0) is 42.8 Å². The van der Waals surface area contributed by atoms with Crippen LogP contribution in [0.1, 0.15) is 5.56 Å². The molecule has 3 N–H and O–H groups in total. The molecule has 150 valence electrons. The highest BCUT2D eigenvalue weighted by Crippen LogP contribution is 2.16. The lowest BCUT2D eigenvalue weighted by Crippen LogP contribution is -3.28. The Morgan fingerprint density at radius 3 is 2.29 bits per heavy atom. The Morgan fingerprint density at radius 2 is 1.61 bits per heavy atom. The number of carbonyl (C=O) groups excluding carboxylic acids is 1. The van der Waals surface area contributed by atoms with E-state index in [1.165, 1.54) is 9.80 Å². The lowest BCUT2D eigenvalue weighted by molar-refractivity contribution is -1.01. The molecule has 1 amide bonds. The largest absolute Gasteiger partial charge is 0.497 e. The molecule has 1 aliphatic heterocycles. The van der Waals surface area contributed by atoms with Crippen LogP contribution in [0.3, 0.4) is 0 Å². The summed E-state index contributed by atoms with van der Waals surface area (Å²) >= 11 is 0. The molecule has 0 unspecified atom stereocenters. The molecule has 2 aromatic rings. The Kier molecular flexibility index (Phi) is 7.28. The topological polar surface area (TPSA) is 56.4 Å². The molecule has 0 saturated carbocycles. The maximum absolute atomic E-state index is 12.3. The van der Waals surface area contributed by atoms with Crippen LogP contribution in [0.15, 0.2) is 48.5 Å². The smallest absolute Gasteiger partial charge is 0.279 e. The number of quaternary nitrogens is 2. The minimum atomic E-state index is 0.0931. The maximum atomic E-state index is 12.3. The van der Waals surface area contributed by atoms with E-state index in [0.29, 0.717) is 13.2 Å².